The first-order valence-corrected chi connectivity index (χ1v) is 12.8. The van der Waals surface area contributed by atoms with Gasteiger partial charge in [0.15, 0.2) is 0 Å². The van der Waals surface area contributed by atoms with Gasteiger partial charge in [-0.1, -0.05) is 121 Å². The largest absolute Gasteiger partial charge is 0.192 e. The highest BCUT2D eigenvalue weighted by molar-refractivity contribution is 6.21. The minimum atomic E-state index is 0.671. The number of rotatable bonds is 3. The number of benzene rings is 7. The van der Waals surface area contributed by atoms with Crippen molar-refractivity contribution in [2.75, 3.05) is 0 Å². The van der Waals surface area contributed by atoms with E-state index in [0.717, 1.165) is 5.56 Å². The van der Waals surface area contributed by atoms with Crippen LogP contribution < -0.4 is 0 Å². The maximum Gasteiger partial charge on any atom is 0.0991 e. The molecule has 0 atom stereocenters. The molecule has 0 saturated carbocycles. The molecule has 0 aliphatic rings. The van der Waals surface area contributed by atoms with E-state index in [0.29, 0.717) is 5.56 Å². The lowest BCUT2D eigenvalue weighted by molar-refractivity contribution is 1.49. The number of nitriles is 1. The van der Waals surface area contributed by atoms with E-state index < -0.39 is 0 Å². The van der Waals surface area contributed by atoms with Gasteiger partial charge in [-0.15, -0.1) is 0 Å². The third-order valence-corrected chi connectivity index (χ3v) is 7.49. The van der Waals surface area contributed by atoms with Gasteiger partial charge in [0.1, 0.15) is 0 Å². The molecule has 0 fully saturated rings. The molecule has 0 saturated heterocycles. The summed E-state index contributed by atoms with van der Waals surface area (Å²) in [7, 11) is 0. The Morgan fingerprint density at radius 1 is 0.395 bits per heavy atom. The Kier molecular flexibility index (Phi) is 5.24. The second-order valence-corrected chi connectivity index (χ2v) is 9.64. The summed E-state index contributed by atoms with van der Waals surface area (Å²) >= 11 is 0. The lowest BCUT2D eigenvalue weighted by Crippen LogP contribution is -1.91. The monoisotopic (exact) mass is 481 g/mol. The predicted molar refractivity (Wildman–Crippen MR) is 160 cm³/mol. The van der Waals surface area contributed by atoms with Gasteiger partial charge in [0.2, 0.25) is 0 Å². The predicted octanol–water partition coefficient (Wildman–Crippen LogP) is 10.0. The van der Waals surface area contributed by atoms with Crippen LogP contribution in [0.5, 0.6) is 0 Å². The number of nitrogens with zero attached hydrogens (tertiary/aromatic N) is 1. The number of fused-ring (bicyclic) bond motifs is 3. The van der Waals surface area contributed by atoms with Crippen molar-refractivity contribution in [3.8, 4) is 39.4 Å². The zero-order valence-corrected chi connectivity index (χ0v) is 20.7. The van der Waals surface area contributed by atoms with Gasteiger partial charge in [-0.3, -0.25) is 0 Å². The number of hydrogen-bond donors (Lipinski definition) is 0. The lowest BCUT2D eigenvalue weighted by Gasteiger charge is -2.18. The Morgan fingerprint density at radius 3 is 1.53 bits per heavy atom. The van der Waals surface area contributed by atoms with Gasteiger partial charge in [-0.25, -0.2) is 0 Å². The molecule has 0 spiro atoms. The average Bonchev–Trinajstić information content (AvgIpc) is 2.99. The minimum Gasteiger partial charge on any atom is -0.192 e. The molecule has 176 valence electrons. The summed E-state index contributed by atoms with van der Waals surface area (Å²) in [5.74, 6) is 0. The molecule has 0 unspecified atom stereocenters. The van der Waals surface area contributed by atoms with Gasteiger partial charge in [0.25, 0.3) is 0 Å². The van der Waals surface area contributed by atoms with Crippen molar-refractivity contribution in [1.29, 1.82) is 5.26 Å². The van der Waals surface area contributed by atoms with E-state index >= 15 is 0 Å². The van der Waals surface area contributed by atoms with E-state index in [1.165, 1.54) is 60.1 Å². The molecule has 0 heterocycles. The summed E-state index contributed by atoms with van der Waals surface area (Å²) in [5.41, 5.74) is 7.90. The minimum absolute atomic E-state index is 0.671. The van der Waals surface area contributed by atoms with Crippen molar-refractivity contribution in [2.24, 2.45) is 0 Å². The molecule has 0 aromatic heterocycles. The summed E-state index contributed by atoms with van der Waals surface area (Å²) in [6.07, 6.45) is 0. The Hall–Kier alpha value is -5.19. The highest BCUT2D eigenvalue weighted by Crippen LogP contribution is 2.44. The van der Waals surface area contributed by atoms with Crippen LogP contribution in [0.1, 0.15) is 5.56 Å². The van der Waals surface area contributed by atoms with Crippen molar-refractivity contribution in [3.63, 3.8) is 0 Å². The molecule has 0 aliphatic carbocycles. The Bertz CT molecular complexity index is 1960. The first-order chi connectivity index (χ1) is 18.8. The first kappa shape index (κ1) is 22.0. The normalized spacial score (nSPS) is 11.1. The molecule has 7 aromatic carbocycles. The molecule has 0 amide bonds. The fourth-order valence-corrected chi connectivity index (χ4v) is 5.78. The molecule has 7 rings (SSSR count). The molecule has 1 nitrogen and oxygen atoms in total. The molecule has 0 radical (unpaired) electrons. The van der Waals surface area contributed by atoms with E-state index in [4.69, 9.17) is 0 Å². The highest BCUT2D eigenvalue weighted by atomic mass is 14.2. The van der Waals surface area contributed by atoms with Gasteiger partial charge in [-0.2, -0.15) is 5.26 Å². The van der Waals surface area contributed by atoms with Crippen LogP contribution >= 0.6 is 0 Å². The zero-order chi connectivity index (χ0) is 25.5. The van der Waals surface area contributed by atoms with Crippen molar-refractivity contribution in [1.82, 2.24) is 0 Å². The molecule has 38 heavy (non-hydrogen) atoms. The number of hydrogen-bond acceptors (Lipinski definition) is 1. The molecule has 7 aromatic rings. The van der Waals surface area contributed by atoms with Gasteiger partial charge < -0.3 is 0 Å². The van der Waals surface area contributed by atoms with Crippen LogP contribution in [-0.4, -0.2) is 0 Å². The van der Waals surface area contributed by atoms with E-state index in [1.54, 1.807) is 0 Å². The van der Waals surface area contributed by atoms with Gasteiger partial charge in [0.05, 0.1) is 11.6 Å². The van der Waals surface area contributed by atoms with Gasteiger partial charge in [0, 0.05) is 0 Å². The molecule has 0 N–H and O–H groups in total. The third-order valence-electron chi connectivity index (χ3n) is 7.49. The molecule has 0 bridgehead atoms. The van der Waals surface area contributed by atoms with E-state index in [1.807, 2.05) is 12.1 Å². The standard InChI is InChI=1S/C37H23N/c38-24-25-19-21-27(22-20-25)36-32-14-3-5-16-34(32)37(35-17-6-4-15-33(35)36)29-12-7-11-28(23-29)31-18-8-10-26-9-1-2-13-30(26)31/h1-23H. The Balaban J connectivity index is 1.52. The SMILES string of the molecule is N#Cc1ccc(-c2c3ccccc3c(-c3cccc(-c4cccc5ccccc45)c3)c3ccccc23)cc1. The fourth-order valence-electron chi connectivity index (χ4n) is 5.78. The summed E-state index contributed by atoms with van der Waals surface area (Å²) in [5, 5.41) is 16.7. The zero-order valence-electron chi connectivity index (χ0n) is 20.7. The topological polar surface area (TPSA) is 23.8 Å². The highest BCUT2D eigenvalue weighted by Gasteiger charge is 2.17. The third kappa shape index (κ3) is 3.55. The second-order valence-electron chi connectivity index (χ2n) is 9.64. The van der Waals surface area contributed by atoms with Crippen molar-refractivity contribution in [3.05, 3.63) is 145 Å². The van der Waals surface area contributed by atoms with Crippen LogP contribution in [0.15, 0.2) is 140 Å². The molecular formula is C37H23N. The fraction of sp³-hybridized carbons (Fsp3) is 0. The van der Waals surface area contributed by atoms with Crippen LogP contribution in [0.4, 0.5) is 0 Å². The summed E-state index contributed by atoms with van der Waals surface area (Å²) in [6.45, 7) is 0. The maximum absolute atomic E-state index is 9.32. The van der Waals surface area contributed by atoms with Crippen molar-refractivity contribution < 1.29 is 0 Å². The molecular weight excluding hydrogens is 458 g/mol. The molecule has 0 aliphatic heterocycles. The van der Waals surface area contributed by atoms with Gasteiger partial charge in [-0.05, 0) is 83.9 Å². The summed E-state index contributed by atoms with van der Waals surface area (Å²) < 4.78 is 0. The quantitative estimate of drug-likeness (QED) is 0.230. The van der Waals surface area contributed by atoms with Crippen molar-refractivity contribution in [2.45, 2.75) is 0 Å². The van der Waals surface area contributed by atoms with Crippen LogP contribution in [0.2, 0.25) is 0 Å². The van der Waals surface area contributed by atoms with Crippen molar-refractivity contribution >= 4 is 32.3 Å². The van der Waals surface area contributed by atoms with Crippen LogP contribution in [0.3, 0.4) is 0 Å². The Morgan fingerprint density at radius 2 is 0.895 bits per heavy atom. The van der Waals surface area contributed by atoms with Crippen LogP contribution in [0, 0.1) is 11.3 Å². The van der Waals surface area contributed by atoms with E-state index in [2.05, 4.69) is 133 Å². The first-order valence-electron chi connectivity index (χ1n) is 12.8. The average molecular weight is 482 g/mol. The summed E-state index contributed by atoms with van der Waals surface area (Å²) in [4.78, 5) is 0. The lowest BCUT2D eigenvalue weighted by atomic mass is 9.85. The second kappa shape index (κ2) is 9.04. The maximum atomic E-state index is 9.32. The Labute approximate surface area is 221 Å². The smallest absolute Gasteiger partial charge is 0.0991 e. The molecule has 1 heteroatoms. The van der Waals surface area contributed by atoms with E-state index in [9.17, 15) is 5.26 Å². The van der Waals surface area contributed by atoms with Crippen LogP contribution in [0.25, 0.3) is 65.7 Å². The van der Waals surface area contributed by atoms with Gasteiger partial charge >= 0.3 is 0 Å². The van der Waals surface area contributed by atoms with Crippen LogP contribution in [-0.2, 0) is 0 Å². The summed E-state index contributed by atoms with van der Waals surface area (Å²) in [6, 6.07) is 51.6. The van der Waals surface area contributed by atoms with E-state index in [-0.39, 0.29) is 0 Å².